The maximum atomic E-state index is 9.18. The van der Waals surface area contributed by atoms with E-state index in [9.17, 15) is 5.26 Å². The molecule has 0 saturated carbocycles. The molecule has 80 valence electrons. The smallest absolute Gasteiger partial charge is 0.102 e. The van der Waals surface area contributed by atoms with Crippen LogP contribution in [0.15, 0.2) is 29.0 Å². The predicted molar refractivity (Wildman–Crippen MR) is 71.7 cm³/mol. The van der Waals surface area contributed by atoms with E-state index in [1.807, 2.05) is 35.9 Å². The summed E-state index contributed by atoms with van der Waals surface area (Å²) in [7, 11) is 0. The number of halogens is 1. The van der Waals surface area contributed by atoms with Gasteiger partial charge in [-0.3, -0.25) is 0 Å². The summed E-state index contributed by atoms with van der Waals surface area (Å²) in [5.41, 5.74) is 1.67. The lowest BCUT2D eigenvalue weighted by molar-refractivity contribution is 1.52. The van der Waals surface area contributed by atoms with E-state index in [0.717, 1.165) is 15.3 Å². The van der Waals surface area contributed by atoms with Gasteiger partial charge in [0.05, 0.1) is 10.6 Å². The van der Waals surface area contributed by atoms with Gasteiger partial charge in [0.15, 0.2) is 0 Å². The second-order valence-corrected chi connectivity index (χ2v) is 5.45. The molecule has 2 rings (SSSR count). The highest BCUT2D eigenvalue weighted by atomic mass is 35.5. The Morgan fingerprint density at radius 1 is 1.31 bits per heavy atom. The Hall–Kier alpha value is -1.08. The topological polar surface area (TPSA) is 23.8 Å². The van der Waals surface area contributed by atoms with Crippen LogP contribution >= 0.6 is 34.3 Å². The third kappa shape index (κ3) is 2.05. The molecule has 0 radical (unpaired) electrons. The fraction of sp³-hybridized carbons (Fsp3) is 0.0833. The van der Waals surface area contributed by atoms with E-state index in [0.29, 0.717) is 10.6 Å². The molecule has 0 aromatic carbocycles. The molecule has 0 unspecified atom stereocenters. The monoisotopic (exact) mass is 265 g/mol. The lowest BCUT2D eigenvalue weighted by Gasteiger charge is -2.00. The van der Waals surface area contributed by atoms with Crippen LogP contribution < -0.4 is 0 Å². The molecule has 0 bridgehead atoms. The minimum absolute atomic E-state index is 0.553. The van der Waals surface area contributed by atoms with Crippen LogP contribution in [0.5, 0.6) is 0 Å². The molecule has 0 atom stereocenters. The van der Waals surface area contributed by atoms with E-state index < -0.39 is 0 Å². The van der Waals surface area contributed by atoms with Crippen LogP contribution in [-0.2, 0) is 0 Å². The summed E-state index contributed by atoms with van der Waals surface area (Å²) >= 11 is 9.37. The summed E-state index contributed by atoms with van der Waals surface area (Å²) in [4.78, 5) is 1.90. The van der Waals surface area contributed by atoms with Crippen molar-refractivity contribution in [1.82, 2.24) is 0 Å². The SMILES string of the molecule is Cc1ccsc1C(Cl)=C(C#N)c1cccs1. The first-order chi connectivity index (χ1) is 7.74. The van der Waals surface area contributed by atoms with Gasteiger partial charge < -0.3 is 0 Å². The molecule has 0 N–H and O–H groups in total. The highest BCUT2D eigenvalue weighted by molar-refractivity contribution is 7.13. The number of hydrogen-bond donors (Lipinski definition) is 0. The summed E-state index contributed by atoms with van der Waals surface area (Å²) in [6, 6.07) is 8.02. The van der Waals surface area contributed by atoms with E-state index in [2.05, 4.69) is 6.07 Å². The van der Waals surface area contributed by atoms with Crippen molar-refractivity contribution in [2.24, 2.45) is 0 Å². The largest absolute Gasteiger partial charge is 0.192 e. The molecule has 2 aromatic heterocycles. The molecule has 0 amide bonds. The molecule has 4 heteroatoms. The second kappa shape index (κ2) is 4.84. The molecular formula is C12H8ClNS2. The highest BCUT2D eigenvalue weighted by Gasteiger charge is 2.13. The second-order valence-electron chi connectivity index (χ2n) is 3.21. The quantitative estimate of drug-likeness (QED) is 0.719. The molecule has 2 heterocycles. The number of thiophene rings is 2. The standard InChI is InChI=1S/C12H8ClNS2/c1-8-4-6-16-12(8)11(13)9(7-14)10-3-2-5-15-10/h2-6H,1H3. The van der Waals surface area contributed by atoms with Gasteiger partial charge in [-0.25, -0.2) is 0 Å². The van der Waals surface area contributed by atoms with Gasteiger partial charge >= 0.3 is 0 Å². The molecule has 0 fully saturated rings. The summed E-state index contributed by atoms with van der Waals surface area (Å²) in [5.74, 6) is 0. The Bertz CT molecular complexity index is 558. The van der Waals surface area contributed by atoms with Crippen LogP contribution in [-0.4, -0.2) is 0 Å². The Morgan fingerprint density at radius 3 is 2.62 bits per heavy atom. The number of aryl methyl sites for hydroxylation is 1. The summed E-state index contributed by atoms with van der Waals surface area (Å²) in [6.07, 6.45) is 0. The number of nitrogens with zero attached hydrogens (tertiary/aromatic N) is 1. The molecular weight excluding hydrogens is 258 g/mol. The van der Waals surface area contributed by atoms with Crippen LogP contribution in [0.25, 0.3) is 10.6 Å². The first-order valence-corrected chi connectivity index (χ1v) is 6.76. The molecule has 0 aliphatic rings. The van der Waals surface area contributed by atoms with Crippen LogP contribution in [0.3, 0.4) is 0 Å². The lowest BCUT2D eigenvalue weighted by atomic mass is 10.2. The predicted octanol–water partition coefficient (Wildman–Crippen LogP) is 4.75. The van der Waals surface area contributed by atoms with Crippen molar-refractivity contribution in [3.8, 4) is 6.07 Å². The Balaban J connectivity index is 2.56. The number of rotatable bonds is 2. The highest BCUT2D eigenvalue weighted by Crippen LogP contribution is 2.35. The zero-order valence-corrected chi connectivity index (χ0v) is 10.9. The molecule has 0 saturated heterocycles. The maximum Gasteiger partial charge on any atom is 0.102 e. The molecule has 2 aromatic rings. The van der Waals surface area contributed by atoms with Gasteiger partial charge in [0.2, 0.25) is 0 Å². The van der Waals surface area contributed by atoms with Crippen LogP contribution in [0.4, 0.5) is 0 Å². The summed E-state index contributed by atoms with van der Waals surface area (Å²) < 4.78 is 0. The van der Waals surface area contributed by atoms with Crippen molar-refractivity contribution in [2.75, 3.05) is 0 Å². The number of nitriles is 1. The van der Waals surface area contributed by atoms with Crippen molar-refractivity contribution < 1.29 is 0 Å². The third-order valence-electron chi connectivity index (χ3n) is 2.16. The van der Waals surface area contributed by atoms with E-state index in [-0.39, 0.29) is 0 Å². The average molecular weight is 266 g/mol. The fourth-order valence-corrected chi connectivity index (χ4v) is 3.42. The molecule has 16 heavy (non-hydrogen) atoms. The lowest BCUT2D eigenvalue weighted by Crippen LogP contribution is -1.81. The van der Waals surface area contributed by atoms with Crippen molar-refractivity contribution in [1.29, 1.82) is 5.26 Å². The Labute approximate surface area is 107 Å². The molecule has 0 aliphatic heterocycles. The van der Waals surface area contributed by atoms with Gasteiger partial charge in [-0.15, -0.1) is 22.7 Å². The first kappa shape index (κ1) is 11.4. The van der Waals surface area contributed by atoms with Gasteiger partial charge in [0.1, 0.15) is 6.07 Å². The van der Waals surface area contributed by atoms with Crippen molar-refractivity contribution >= 4 is 44.9 Å². The normalized spacial score (nSPS) is 12.1. The molecule has 0 aliphatic carbocycles. The van der Waals surface area contributed by atoms with E-state index in [4.69, 9.17) is 11.6 Å². The van der Waals surface area contributed by atoms with Crippen LogP contribution in [0.2, 0.25) is 0 Å². The minimum Gasteiger partial charge on any atom is -0.192 e. The number of hydrogen-bond acceptors (Lipinski definition) is 3. The average Bonchev–Trinajstić information content (AvgIpc) is 2.90. The van der Waals surface area contributed by atoms with E-state index in [1.54, 1.807) is 11.3 Å². The maximum absolute atomic E-state index is 9.18. The van der Waals surface area contributed by atoms with E-state index >= 15 is 0 Å². The van der Waals surface area contributed by atoms with Crippen LogP contribution in [0, 0.1) is 18.3 Å². The van der Waals surface area contributed by atoms with Gasteiger partial charge in [-0.1, -0.05) is 17.7 Å². The number of allylic oxidation sites excluding steroid dienone is 1. The van der Waals surface area contributed by atoms with Crippen LogP contribution in [0.1, 0.15) is 15.3 Å². The van der Waals surface area contributed by atoms with Gasteiger partial charge in [-0.05, 0) is 35.4 Å². The zero-order valence-electron chi connectivity index (χ0n) is 8.53. The summed E-state index contributed by atoms with van der Waals surface area (Å²) in [5, 5.41) is 13.7. The van der Waals surface area contributed by atoms with Gasteiger partial charge in [0.25, 0.3) is 0 Å². The Morgan fingerprint density at radius 2 is 2.12 bits per heavy atom. The minimum atomic E-state index is 0.553. The molecule has 0 spiro atoms. The van der Waals surface area contributed by atoms with E-state index in [1.165, 1.54) is 11.3 Å². The summed E-state index contributed by atoms with van der Waals surface area (Å²) in [6.45, 7) is 2.00. The molecule has 1 nitrogen and oxygen atoms in total. The van der Waals surface area contributed by atoms with Gasteiger partial charge in [-0.2, -0.15) is 5.26 Å². The van der Waals surface area contributed by atoms with Gasteiger partial charge in [0, 0.05) is 9.75 Å². The fourth-order valence-electron chi connectivity index (χ4n) is 1.34. The van der Waals surface area contributed by atoms with Crippen molar-refractivity contribution in [3.63, 3.8) is 0 Å². The Kier molecular flexibility index (Phi) is 3.45. The van der Waals surface area contributed by atoms with Crippen molar-refractivity contribution in [2.45, 2.75) is 6.92 Å². The third-order valence-corrected chi connectivity index (χ3v) is 4.57. The van der Waals surface area contributed by atoms with Crippen molar-refractivity contribution in [3.05, 3.63) is 44.3 Å². The first-order valence-electron chi connectivity index (χ1n) is 4.62. The zero-order chi connectivity index (χ0) is 11.5.